The van der Waals surface area contributed by atoms with Gasteiger partial charge in [-0.1, -0.05) is 76.2 Å². The van der Waals surface area contributed by atoms with E-state index in [0.717, 1.165) is 79.5 Å². The van der Waals surface area contributed by atoms with Crippen LogP contribution in [-0.4, -0.2) is 23.1 Å². The van der Waals surface area contributed by atoms with Crippen molar-refractivity contribution in [3.05, 3.63) is 135 Å². The van der Waals surface area contributed by atoms with Crippen molar-refractivity contribution in [3.8, 4) is 43.4 Å². The average molecular weight is 742 g/mol. The number of benzene rings is 4. The van der Waals surface area contributed by atoms with Gasteiger partial charge in [-0.3, -0.25) is 9.97 Å². The smallest absolute Gasteiger partial charge is 0.345 e. The van der Waals surface area contributed by atoms with Gasteiger partial charge < -0.3 is 13.7 Å². The van der Waals surface area contributed by atoms with Gasteiger partial charge in [0.1, 0.15) is 11.2 Å². The van der Waals surface area contributed by atoms with Crippen LogP contribution < -0.4 is 16.2 Å². The number of fused-ring (bicyclic) bond motifs is 5. The van der Waals surface area contributed by atoms with Crippen LogP contribution >= 0.6 is 11.3 Å². The van der Waals surface area contributed by atoms with Crippen LogP contribution in [0.1, 0.15) is 57.2 Å². The molecule has 8 aromatic rings. The molecule has 0 aliphatic carbocycles. The van der Waals surface area contributed by atoms with E-state index in [1.165, 1.54) is 22.6 Å². The molecule has 7 nitrogen and oxygen atoms in total. The number of aromatic nitrogens is 2. The molecule has 272 valence electrons. The highest BCUT2D eigenvalue weighted by atomic mass is 32.1. The molecule has 2 aliphatic rings. The van der Waals surface area contributed by atoms with Gasteiger partial charge >= 0.3 is 11.3 Å². The summed E-state index contributed by atoms with van der Waals surface area (Å²) in [5, 5.41) is 4.06. The molecular weight excluding hydrogens is 703 g/mol. The summed E-state index contributed by atoms with van der Waals surface area (Å²) in [7, 11) is 0. The third kappa shape index (κ3) is 5.29. The molecule has 0 spiro atoms. The van der Waals surface area contributed by atoms with Gasteiger partial charge in [-0.15, -0.1) is 11.3 Å². The molecule has 0 radical (unpaired) electrons. The highest BCUT2D eigenvalue weighted by Crippen LogP contribution is 2.52. The molecule has 0 N–H and O–H groups in total. The highest BCUT2D eigenvalue weighted by Gasteiger charge is 2.42. The minimum absolute atomic E-state index is 0.0213. The van der Waals surface area contributed by atoms with E-state index in [9.17, 15) is 9.59 Å². The second-order valence-corrected chi connectivity index (χ2v) is 17.4. The lowest BCUT2D eigenvalue weighted by Gasteiger charge is -2.48. The first-order chi connectivity index (χ1) is 26.5. The number of rotatable bonds is 4. The second-order valence-electron chi connectivity index (χ2n) is 16.3. The maximum atomic E-state index is 13.8. The van der Waals surface area contributed by atoms with Gasteiger partial charge in [-0.25, -0.2) is 9.59 Å². The van der Waals surface area contributed by atoms with E-state index in [1.807, 2.05) is 73.7 Å². The average Bonchev–Trinajstić information content (AvgIpc) is 3.66. The Morgan fingerprint density at radius 3 is 2.27 bits per heavy atom. The molecule has 0 unspecified atom stereocenters. The van der Waals surface area contributed by atoms with E-state index in [-0.39, 0.29) is 22.1 Å². The van der Waals surface area contributed by atoms with Gasteiger partial charge in [-0.2, -0.15) is 0 Å². The normalized spacial score (nSPS) is 15.8. The summed E-state index contributed by atoms with van der Waals surface area (Å²) < 4.78 is 12.1. The van der Waals surface area contributed by atoms with E-state index in [2.05, 4.69) is 50.8 Å². The third-order valence-electron chi connectivity index (χ3n) is 12.0. The Morgan fingerprint density at radius 2 is 1.45 bits per heavy atom. The molecule has 0 atom stereocenters. The second kappa shape index (κ2) is 12.1. The van der Waals surface area contributed by atoms with Crippen molar-refractivity contribution in [1.82, 2.24) is 9.97 Å². The quantitative estimate of drug-likeness (QED) is 0.131. The Morgan fingerprint density at radius 1 is 0.709 bits per heavy atom. The Balaban J connectivity index is 0.989. The van der Waals surface area contributed by atoms with E-state index in [1.54, 1.807) is 12.4 Å². The Kier molecular flexibility index (Phi) is 7.39. The van der Waals surface area contributed by atoms with E-state index in [4.69, 9.17) is 18.8 Å². The minimum Gasteiger partial charge on any atom is -0.422 e. The summed E-state index contributed by atoms with van der Waals surface area (Å²) in [4.78, 5) is 40.9. The summed E-state index contributed by atoms with van der Waals surface area (Å²) in [6.45, 7) is 13.2. The van der Waals surface area contributed by atoms with Crippen LogP contribution in [0.15, 0.2) is 116 Å². The molecule has 0 fully saturated rings. The monoisotopic (exact) mass is 741 g/mol. The predicted molar refractivity (Wildman–Crippen MR) is 223 cm³/mol. The molecule has 6 heterocycles. The standard InChI is InChI=1S/C47H39N3O4S/c1-26-39-31-12-7-6-9-27(31)13-14-36(39)53-45(52)40(26)38-16-15-37(55-38)35-25-48-34(24-49-35)29-11-8-10-28(21-29)32-22-30-23-33-42-41(43(30)54-44(32)51)47(4,5)18-20-50(42)19-17-46(33,2)3/h6-16,21-25H,17-20H2,1-5H3. The van der Waals surface area contributed by atoms with Gasteiger partial charge in [-0.05, 0) is 94.5 Å². The van der Waals surface area contributed by atoms with Gasteiger partial charge in [0.2, 0.25) is 0 Å². The molecule has 0 amide bonds. The Labute approximate surface area is 321 Å². The number of thiophene rings is 1. The van der Waals surface area contributed by atoms with Crippen LogP contribution in [0.3, 0.4) is 0 Å². The van der Waals surface area contributed by atoms with Crippen molar-refractivity contribution in [2.45, 2.75) is 58.3 Å². The third-order valence-corrected chi connectivity index (χ3v) is 13.1. The minimum atomic E-state index is -0.358. The zero-order chi connectivity index (χ0) is 37.8. The van der Waals surface area contributed by atoms with E-state index < -0.39 is 0 Å². The fraction of sp³-hybridized carbons (Fsp3) is 0.234. The van der Waals surface area contributed by atoms with Crippen molar-refractivity contribution >= 4 is 49.7 Å². The van der Waals surface area contributed by atoms with Gasteiger partial charge in [0.15, 0.2) is 0 Å². The van der Waals surface area contributed by atoms with E-state index >= 15 is 0 Å². The van der Waals surface area contributed by atoms with Crippen LogP contribution in [0.25, 0.3) is 76.1 Å². The van der Waals surface area contributed by atoms with Crippen molar-refractivity contribution < 1.29 is 8.83 Å². The molecule has 4 aromatic heterocycles. The summed E-state index contributed by atoms with van der Waals surface area (Å²) in [5.41, 5.74) is 9.25. The van der Waals surface area contributed by atoms with Crippen molar-refractivity contribution in [2.75, 3.05) is 18.0 Å². The summed E-state index contributed by atoms with van der Waals surface area (Å²) in [5.74, 6) is 0. The molecule has 4 aromatic carbocycles. The van der Waals surface area contributed by atoms with Crippen molar-refractivity contribution in [2.24, 2.45) is 0 Å². The van der Waals surface area contributed by atoms with Crippen LogP contribution in [0.5, 0.6) is 0 Å². The molecular formula is C47H39N3O4S. The van der Waals surface area contributed by atoms with Crippen molar-refractivity contribution in [1.29, 1.82) is 0 Å². The van der Waals surface area contributed by atoms with Crippen LogP contribution in [0.4, 0.5) is 5.69 Å². The summed E-state index contributed by atoms with van der Waals surface area (Å²) >= 11 is 1.49. The first-order valence-electron chi connectivity index (χ1n) is 18.9. The van der Waals surface area contributed by atoms with Gasteiger partial charge in [0, 0.05) is 45.6 Å². The summed E-state index contributed by atoms with van der Waals surface area (Å²) in [6.07, 6.45) is 5.61. The largest absolute Gasteiger partial charge is 0.422 e. The van der Waals surface area contributed by atoms with Crippen LogP contribution in [-0.2, 0) is 10.8 Å². The first-order valence-corrected chi connectivity index (χ1v) is 19.7. The maximum Gasteiger partial charge on any atom is 0.345 e. The zero-order valence-electron chi connectivity index (χ0n) is 31.4. The highest BCUT2D eigenvalue weighted by molar-refractivity contribution is 7.18. The lowest BCUT2D eigenvalue weighted by molar-refractivity contribution is 0.398. The van der Waals surface area contributed by atoms with Crippen LogP contribution in [0.2, 0.25) is 0 Å². The Hall–Kier alpha value is -5.86. The molecule has 55 heavy (non-hydrogen) atoms. The first kappa shape index (κ1) is 33.7. The maximum absolute atomic E-state index is 13.8. The SMILES string of the molecule is Cc1c(-c2ccc(-c3cnc(-c4cccc(-c5cc6cc7c8c(c6oc5=O)C(C)(C)CCN8CCC7(C)C)c4)cn3)s2)c(=O)oc2ccc3ccccc3c12. The van der Waals surface area contributed by atoms with Crippen LogP contribution in [0, 0.1) is 6.92 Å². The number of aryl methyl sites for hydroxylation is 1. The fourth-order valence-electron chi connectivity index (χ4n) is 8.85. The topological polar surface area (TPSA) is 89.4 Å². The number of hydrogen-bond donors (Lipinski definition) is 0. The Bertz CT molecular complexity index is 3000. The summed E-state index contributed by atoms with van der Waals surface area (Å²) in [6, 6.07) is 28.0. The van der Waals surface area contributed by atoms with Crippen molar-refractivity contribution in [3.63, 3.8) is 0 Å². The number of hydrogen-bond acceptors (Lipinski definition) is 8. The molecule has 2 aliphatic heterocycles. The molecule has 10 rings (SSSR count). The number of anilines is 1. The predicted octanol–water partition coefficient (Wildman–Crippen LogP) is 11.0. The number of nitrogens with zero attached hydrogens (tertiary/aromatic N) is 3. The zero-order valence-corrected chi connectivity index (χ0v) is 32.3. The van der Waals surface area contributed by atoms with Gasteiger partial charge in [0.05, 0.1) is 39.8 Å². The lowest BCUT2D eigenvalue weighted by Crippen LogP contribution is -2.44. The lowest BCUT2D eigenvalue weighted by atomic mass is 9.69. The van der Waals surface area contributed by atoms with E-state index in [0.29, 0.717) is 33.7 Å². The fourth-order valence-corrected chi connectivity index (χ4v) is 9.91. The molecule has 0 bridgehead atoms. The molecule has 0 saturated heterocycles. The molecule has 0 saturated carbocycles. The van der Waals surface area contributed by atoms with Gasteiger partial charge in [0.25, 0.3) is 0 Å². The molecule has 8 heteroatoms.